The van der Waals surface area contributed by atoms with Gasteiger partial charge in [-0.3, -0.25) is 9.13 Å². The Morgan fingerprint density at radius 2 is 1.60 bits per heavy atom. The Hall–Kier alpha value is 0.0569. The first-order valence-corrected chi connectivity index (χ1v) is 10.0. The van der Waals surface area contributed by atoms with Crippen molar-refractivity contribution >= 4 is 8.88 Å². The third-order valence-electron chi connectivity index (χ3n) is 5.39. The Labute approximate surface area is 125 Å². The van der Waals surface area contributed by atoms with Gasteiger partial charge < -0.3 is 8.85 Å². The van der Waals surface area contributed by atoms with Crippen LogP contribution in [0.1, 0.15) is 46.0 Å². The molecule has 0 bridgehead atoms. The molecule has 2 fully saturated rings. The van der Waals surface area contributed by atoms with Gasteiger partial charge >= 0.3 is 8.88 Å². The van der Waals surface area contributed by atoms with Crippen LogP contribution in [-0.4, -0.2) is 58.4 Å². The Bertz CT molecular complexity index is 296. The molecule has 1 heterocycles. The Balaban J connectivity index is 2.13. The summed E-state index contributed by atoms with van der Waals surface area (Å²) in [6.45, 7) is 8.72. The molecule has 5 heteroatoms. The third kappa shape index (κ3) is 2.97. The van der Waals surface area contributed by atoms with Gasteiger partial charge in [0.15, 0.2) is 0 Å². The lowest BCUT2D eigenvalue weighted by Crippen LogP contribution is -2.71. The van der Waals surface area contributed by atoms with Crippen LogP contribution in [0.3, 0.4) is 0 Å². The lowest BCUT2D eigenvalue weighted by molar-refractivity contribution is 0.0475. The molecule has 2 atom stereocenters. The standard InChI is InChI=1S/C15H32N2O2Si/c1-5-16(6-2)20(18-3,19-4)17-12-11-14-9-7-8-10-15(14)13-17/h14-15H,5-13H2,1-4H3. The SMILES string of the molecule is CCN(CC)[Si](OC)(OC)N1CCC2CCCCC2C1. The van der Waals surface area contributed by atoms with Crippen molar-refractivity contribution in [3.8, 4) is 0 Å². The molecule has 118 valence electrons. The van der Waals surface area contributed by atoms with E-state index in [9.17, 15) is 0 Å². The number of piperidine rings is 1. The molecular weight excluding hydrogens is 268 g/mol. The molecular formula is C15H32N2O2Si. The van der Waals surface area contributed by atoms with E-state index in [1.807, 2.05) is 14.2 Å². The van der Waals surface area contributed by atoms with E-state index in [4.69, 9.17) is 8.85 Å². The maximum Gasteiger partial charge on any atom is 0.521 e. The highest BCUT2D eigenvalue weighted by atomic mass is 28.4. The summed E-state index contributed by atoms with van der Waals surface area (Å²) in [5, 5.41) is 0. The summed E-state index contributed by atoms with van der Waals surface area (Å²) in [5.74, 6) is 1.82. The summed E-state index contributed by atoms with van der Waals surface area (Å²) in [5.41, 5.74) is 0. The number of fused-ring (bicyclic) bond motifs is 1. The molecule has 0 aromatic rings. The van der Waals surface area contributed by atoms with Gasteiger partial charge in [-0.15, -0.1) is 0 Å². The van der Waals surface area contributed by atoms with Gasteiger partial charge in [-0.2, -0.15) is 0 Å². The van der Waals surface area contributed by atoms with Gasteiger partial charge in [-0.25, -0.2) is 0 Å². The Morgan fingerprint density at radius 1 is 1.00 bits per heavy atom. The second-order valence-electron chi connectivity index (χ2n) is 6.17. The molecule has 0 aromatic carbocycles. The van der Waals surface area contributed by atoms with E-state index in [1.165, 1.54) is 38.6 Å². The van der Waals surface area contributed by atoms with Crippen LogP contribution in [0.2, 0.25) is 0 Å². The third-order valence-corrected chi connectivity index (χ3v) is 9.09. The number of hydrogen-bond acceptors (Lipinski definition) is 4. The summed E-state index contributed by atoms with van der Waals surface area (Å²) in [6, 6.07) is 0. The minimum atomic E-state index is -2.38. The Morgan fingerprint density at radius 3 is 2.15 bits per heavy atom. The first-order valence-electron chi connectivity index (χ1n) is 8.32. The monoisotopic (exact) mass is 300 g/mol. The molecule has 1 saturated carbocycles. The van der Waals surface area contributed by atoms with Crippen LogP contribution in [0.4, 0.5) is 0 Å². The molecule has 0 spiro atoms. The van der Waals surface area contributed by atoms with Crippen molar-refractivity contribution in [3.05, 3.63) is 0 Å². The predicted octanol–water partition coefficient (Wildman–Crippen LogP) is 2.57. The van der Waals surface area contributed by atoms with Crippen LogP contribution >= 0.6 is 0 Å². The summed E-state index contributed by atoms with van der Waals surface area (Å²) in [4.78, 5) is 0. The summed E-state index contributed by atoms with van der Waals surface area (Å²) >= 11 is 0. The molecule has 1 aliphatic carbocycles. The van der Waals surface area contributed by atoms with Crippen LogP contribution < -0.4 is 0 Å². The fraction of sp³-hybridized carbons (Fsp3) is 1.00. The zero-order valence-electron chi connectivity index (χ0n) is 13.7. The average molecular weight is 301 g/mol. The van der Waals surface area contributed by atoms with Crippen molar-refractivity contribution in [1.82, 2.24) is 9.13 Å². The zero-order chi connectivity index (χ0) is 14.6. The molecule has 0 radical (unpaired) electrons. The largest absolute Gasteiger partial charge is 0.521 e. The molecule has 2 rings (SSSR count). The van der Waals surface area contributed by atoms with Crippen molar-refractivity contribution in [1.29, 1.82) is 0 Å². The molecule has 0 aromatic heterocycles. The highest BCUT2D eigenvalue weighted by Crippen LogP contribution is 2.38. The fourth-order valence-electron chi connectivity index (χ4n) is 4.28. The predicted molar refractivity (Wildman–Crippen MR) is 84.3 cm³/mol. The van der Waals surface area contributed by atoms with Crippen molar-refractivity contribution < 1.29 is 8.85 Å². The van der Waals surface area contributed by atoms with Crippen molar-refractivity contribution in [2.45, 2.75) is 46.0 Å². The first kappa shape index (κ1) is 16.4. The van der Waals surface area contributed by atoms with Gasteiger partial charge in [0.25, 0.3) is 0 Å². The van der Waals surface area contributed by atoms with Gasteiger partial charge in [0.1, 0.15) is 0 Å². The normalized spacial score (nSPS) is 28.6. The molecule has 20 heavy (non-hydrogen) atoms. The highest BCUT2D eigenvalue weighted by Gasteiger charge is 2.51. The smallest absolute Gasteiger partial charge is 0.374 e. The van der Waals surface area contributed by atoms with Gasteiger partial charge in [0.2, 0.25) is 0 Å². The summed E-state index contributed by atoms with van der Waals surface area (Å²) in [7, 11) is 1.29. The fourth-order valence-corrected chi connectivity index (χ4v) is 7.56. The molecule has 1 aliphatic heterocycles. The first-order chi connectivity index (χ1) is 9.71. The van der Waals surface area contributed by atoms with Crippen LogP contribution in [0.5, 0.6) is 0 Å². The van der Waals surface area contributed by atoms with Crippen LogP contribution in [0.25, 0.3) is 0 Å². The van der Waals surface area contributed by atoms with E-state index in [0.717, 1.165) is 31.5 Å². The second-order valence-corrected chi connectivity index (χ2v) is 9.35. The number of hydrogen-bond donors (Lipinski definition) is 0. The molecule has 1 saturated heterocycles. The van der Waals surface area contributed by atoms with E-state index < -0.39 is 8.88 Å². The highest BCUT2D eigenvalue weighted by molar-refractivity contribution is 6.61. The molecule has 2 aliphatic rings. The summed E-state index contributed by atoms with van der Waals surface area (Å²) in [6.07, 6.45) is 7.02. The van der Waals surface area contributed by atoms with Crippen LogP contribution in [0, 0.1) is 11.8 Å². The van der Waals surface area contributed by atoms with Gasteiger partial charge in [-0.05, 0) is 50.9 Å². The van der Waals surface area contributed by atoms with Gasteiger partial charge in [0, 0.05) is 14.2 Å². The molecule has 2 unspecified atom stereocenters. The zero-order valence-corrected chi connectivity index (χ0v) is 14.7. The quantitative estimate of drug-likeness (QED) is 0.704. The maximum atomic E-state index is 6.02. The van der Waals surface area contributed by atoms with E-state index >= 15 is 0 Å². The van der Waals surface area contributed by atoms with Crippen LogP contribution in [0.15, 0.2) is 0 Å². The summed E-state index contributed by atoms with van der Waals surface area (Å²) < 4.78 is 17.0. The van der Waals surface area contributed by atoms with Gasteiger partial charge in [-0.1, -0.05) is 33.1 Å². The minimum absolute atomic E-state index is 0.866. The van der Waals surface area contributed by atoms with Crippen molar-refractivity contribution in [3.63, 3.8) is 0 Å². The number of rotatable bonds is 6. The average Bonchev–Trinajstić information content (AvgIpc) is 2.52. The minimum Gasteiger partial charge on any atom is -0.374 e. The van der Waals surface area contributed by atoms with Gasteiger partial charge in [0.05, 0.1) is 0 Å². The van der Waals surface area contributed by atoms with E-state index in [0.29, 0.717) is 0 Å². The topological polar surface area (TPSA) is 24.9 Å². The molecule has 0 N–H and O–H groups in total. The molecule has 0 amide bonds. The van der Waals surface area contributed by atoms with Crippen LogP contribution in [-0.2, 0) is 8.85 Å². The van der Waals surface area contributed by atoms with Crippen molar-refractivity contribution in [2.75, 3.05) is 40.4 Å². The van der Waals surface area contributed by atoms with E-state index in [1.54, 1.807) is 0 Å². The Kier molecular flexibility index (Phi) is 6.04. The molecule has 4 nitrogen and oxygen atoms in total. The van der Waals surface area contributed by atoms with E-state index in [-0.39, 0.29) is 0 Å². The maximum absolute atomic E-state index is 6.02. The van der Waals surface area contributed by atoms with E-state index in [2.05, 4.69) is 23.0 Å². The second kappa shape index (κ2) is 7.36. The van der Waals surface area contributed by atoms with Crippen molar-refractivity contribution in [2.24, 2.45) is 11.8 Å². The number of nitrogens with zero attached hydrogens (tertiary/aromatic N) is 2. The lowest BCUT2D eigenvalue weighted by Gasteiger charge is -2.49. The lowest BCUT2D eigenvalue weighted by atomic mass is 9.76.